The molecule has 3 rings (SSSR count). The molecule has 6 heteroatoms. The van der Waals surface area contributed by atoms with Gasteiger partial charge in [-0.05, 0) is 36.2 Å². The van der Waals surface area contributed by atoms with Crippen molar-refractivity contribution < 1.29 is 4.74 Å². The molecule has 1 fully saturated rings. The zero-order valence-corrected chi connectivity index (χ0v) is 19.6. The number of hydrogen-bond acceptors (Lipinski definition) is 3. The van der Waals surface area contributed by atoms with Crippen LogP contribution in [-0.4, -0.2) is 61.3 Å². The lowest BCUT2D eigenvalue weighted by Gasteiger charge is -2.38. The molecule has 0 unspecified atom stereocenters. The van der Waals surface area contributed by atoms with Crippen LogP contribution in [0.4, 0.5) is 0 Å². The second kappa shape index (κ2) is 11.3. The van der Waals surface area contributed by atoms with Crippen molar-refractivity contribution in [3.05, 3.63) is 42.0 Å². The quantitative estimate of drug-likeness (QED) is 0.372. The van der Waals surface area contributed by atoms with Crippen molar-refractivity contribution in [3.8, 4) is 0 Å². The third-order valence-electron chi connectivity index (χ3n) is 5.29. The minimum atomic E-state index is 0. The van der Waals surface area contributed by atoms with Gasteiger partial charge in [-0.1, -0.05) is 43.3 Å². The highest BCUT2D eigenvalue weighted by molar-refractivity contribution is 14.0. The molecule has 1 saturated heterocycles. The van der Waals surface area contributed by atoms with Crippen LogP contribution in [0.1, 0.15) is 31.7 Å². The molecule has 0 spiro atoms. The second-order valence-corrected chi connectivity index (χ2v) is 8.65. The average Bonchev–Trinajstić information content (AvgIpc) is 2.71. The monoisotopic (exact) mass is 501 g/mol. The second-order valence-electron chi connectivity index (χ2n) is 6.92. The fourth-order valence-electron chi connectivity index (χ4n) is 3.77. The molecule has 0 atom stereocenters. The van der Waals surface area contributed by atoms with Gasteiger partial charge < -0.3 is 15.0 Å². The maximum Gasteiger partial charge on any atom is 0.193 e. The number of nitrogens with one attached hydrogen (secondary N) is 1. The maximum absolute atomic E-state index is 5.58. The fourth-order valence-corrected chi connectivity index (χ4v) is 5.01. The summed E-state index contributed by atoms with van der Waals surface area (Å²) in [6.45, 7) is 6.89. The van der Waals surface area contributed by atoms with Crippen LogP contribution in [0.5, 0.6) is 0 Å². The van der Waals surface area contributed by atoms with Crippen LogP contribution < -0.4 is 5.32 Å². The SMILES string of the molecule is CCSC1(CNC(=NC)N2CC=C(c3ccccc3)CC2)CCOCC1.I. The molecule has 0 amide bonds. The van der Waals surface area contributed by atoms with Crippen molar-refractivity contribution >= 4 is 47.3 Å². The Hall–Kier alpha value is -0.730. The Morgan fingerprint density at radius 2 is 2.00 bits per heavy atom. The predicted octanol–water partition coefficient (Wildman–Crippen LogP) is 4.27. The summed E-state index contributed by atoms with van der Waals surface area (Å²) in [4.78, 5) is 6.90. The number of nitrogens with zero attached hydrogens (tertiary/aromatic N) is 2. The fraction of sp³-hybridized carbons (Fsp3) is 0.571. The third-order valence-corrected chi connectivity index (χ3v) is 6.74. The maximum atomic E-state index is 5.58. The number of guanidine groups is 1. The van der Waals surface area contributed by atoms with Gasteiger partial charge in [-0.15, -0.1) is 24.0 Å². The van der Waals surface area contributed by atoms with E-state index in [1.807, 2.05) is 7.05 Å². The van der Waals surface area contributed by atoms with Gasteiger partial charge in [-0.2, -0.15) is 11.8 Å². The molecule has 0 aromatic heterocycles. The van der Waals surface area contributed by atoms with E-state index in [-0.39, 0.29) is 28.7 Å². The molecule has 0 bridgehead atoms. The molecule has 27 heavy (non-hydrogen) atoms. The molecule has 1 aromatic carbocycles. The summed E-state index contributed by atoms with van der Waals surface area (Å²) in [6.07, 6.45) is 5.64. The highest BCUT2D eigenvalue weighted by atomic mass is 127. The number of ether oxygens (including phenoxy) is 1. The lowest BCUT2D eigenvalue weighted by molar-refractivity contribution is 0.0780. The predicted molar refractivity (Wildman–Crippen MR) is 128 cm³/mol. The van der Waals surface area contributed by atoms with Crippen LogP contribution in [0.3, 0.4) is 0 Å². The summed E-state index contributed by atoms with van der Waals surface area (Å²) in [5, 5.41) is 3.66. The van der Waals surface area contributed by atoms with Crippen LogP contribution in [0.15, 0.2) is 41.4 Å². The molecule has 4 nitrogen and oxygen atoms in total. The van der Waals surface area contributed by atoms with E-state index >= 15 is 0 Å². The van der Waals surface area contributed by atoms with Crippen molar-refractivity contribution in [1.29, 1.82) is 0 Å². The highest BCUT2D eigenvalue weighted by Crippen LogP contribution is 2.34. The molecule has 2 aliphatic heterocycles. The Morgan fingerprint density at radius 3 is 2.59 bits per heavy atom. The molecular weight excluding hydrogens is 469 g/mol. The first-order valence-corrected chi connectivity index (χ1v) is 10.7. The Morgan fingerprint density at radius 1 is 1.26 bits per heavy atom. The third kappa shape index (κ3) is 6.12. The molecule has 0 radical (unpaired) electrons. The van der Waals surface area contributed by atoms with Gasteiger partial charge in [0.2, 0.25) is 0 Å². The number of hydrogen-bond donors (Lipinski definition) is 1. The van der Waals surface area contributed by atoms with Crippen LogP contribution >= 0.6 is 35.7 Å². The van der Waals surface area contributed by atoms with Gasteiger partial charge >= 0.3 is 0 Å². The Balaban J connectivity index is 0.00000261. The van der Waals surface area contributed by atoms with Crippen LogP contribution in [0, 0.1) is 0 Å². The molecule has 2 aliphatic rings. The number of aliphatic imine (C=N–C) groups is 1. The first-order valence-electron chi connectivity index (χ1n) is 9.68. The molecule has 2 heterocycles. The van der Waals surface area contributed by atoms with E-state index in [4.69, 9.17) is 4.74 Å². The van der Waals surface area contributed by atoms with E-state index in [0.29, 0.717) is 0 Å². The lowest BCUT2D eigenvalue weighted by atomic mass is 9.98. The van der Waals surface area contributed by atoms with E-state index < -0.39 is 0 Å². The highest BCUT2D eigenvalue weighted by Gasteiger charge is 2.33. The van der Waals surface area contributed by atoms with Gasteiger partial charge in [0.25, 0.3) is 0 Å². The molecule has 1 N–H and O–H groups in total. The Bertz CT molecular complexity index is 624. The minimum Gasteiger partial charge on any atom is -0.381 e. The van der Waals surface area contributed by atoms with Gasteiger partial charge in [0.15, 0.2) is 5.96 Å². The molecule has 0 saturated carbocycles. The van der Waals surface area contributed by atoms with E-state index in [2.05, 4.69) is 70.3 Å². The van der Waals surface area contributed by atoms with Gasteiger partial charge in [-0.3, -0.25) is 4.99 Å². The van der Waals surface area contributed by atoms with Gasteiger partial charge in [-0.25, -0.2) is 0 Å². The number of rotatable bonds is 5. The lowest BCUT2D eigenvalue weighted by Crippen LogP contribution is -2.50. The van der Waals surface area contributed by atoms with Crippen molar-refractivity contribution in [2.45, 2.75) is 30.9 Å². The summed E-state index contributed by atoms with van der Waals surface area (Å²) in [6, 6.07) is 10.7. The van der Waals surface area contributed by atoms with E-state index in [1.165, 1.54) is 11.1 Å². The molecule has 0 aliphatic carbocycles. The Labute approximate surface area is 185 Å². The average molecular weight is 501 g/mol. The van der Waals surface area contributed by atoms with E-state index in [9.17, 15) is 0 Å². The minimum absolute atomic E-state index is 0. The Kier molecular flexibility index (Phi) is 9.45. The van der Waals surface area contributed by atoms with Crippen molar-refractivity contribution in [3.63, 3.8) is 0 Å². The largest absolute Gasteiger partial charge is 0.381 e. The summed E-state index contributed by atoms with van der Waals surface area (Å²) in [5.41, 5.74) is 2.79. The first-order chi connectivity index (χ1) is 12.8. The summed E-state index contributed by atoms with van der Waals surface area (Å²) < 4.78 is 5.87. The number of benzene rings is 1. The van der Waals surface area contributed by atoms with Crippen molar-refractivity contribution in [1.82, 2.24) is 10.2 Å². The van der Waals surface area contributed by atoms with Crippen molar-refractivity contribution in [2.24, 2.45) is 4.99 Å². The zero-order valence-electron chi connectivity index (χ0n) is 16.4. The normalized spacial score (nSPS) is 19.9. The van der Waals surface area contributed by atoms with Gasteiger partial charge in [0.05, 0.1) is 0 Å². The van der Waals surface area contributed by atoms with Crippen LogP contribution in [0.2, 0.25) is 0 Å². The van der Waals surface area contributed by atoms with Gasteiger partial charge in [0.1, 0.15) is 0 Å². The molecule has 150 valence electrons. The standard InChI is InChI=1S/C21H31N3OS.HI/c1-3-26-21(11-15-25-16-12-21)17-23-20(22-2)24-13-9-19(10-14-24)18-7-5-4-6-8-18;/h4-9H,3,10-17H2,1-2H3,(H,22,23);1H. The molecular formula is C21H32IN3OS. The summed E-state index contributed by atoms with van der Waals surface area (Å²) in [7, 11) is 1.89. The first kappa shape index (κ1) is 22.6. The zero-order chi connectivity index (χ0) is 18.2. The topological polar surface area (TPSA) is 36.9 Å². The smallest absolute Gasteiger partial charge is 0.193 e. The molecule has 1 aromatic rings. The summed E-state index contributed by atoms with van der Waals surface area (Å²) >= 11 is 2.07. The number of thioether (sulfide) groups is 1. The van der Waals surface area contributed by atoms with E-state index in [0.717, 1.165) is 63.8 Å². The summed E-state index contributed by atoms with van der Waals surface area (Å²) in [5.74, 6) is 2.17. The van der Waals surface area contributed by atoms with Gasteiger partial charge in [0, 0.05) is 44.6 Å². The van der Waals surface area contributed by atoms with Crippen molar-refractivity contribution in [2.75, 3.05) is 45.6 Å². The van der Waals surface area contributed by atoms with E-state index in [1.54, 1.807) is 0 Å². The van der Waals surface area contributed by atoms with Crippen LogP contribution in [0.25, 0.3) is 5.57 Å². The number of halogens is 1. The van der Waals surface area contributed by atoms with Crippen LogP contribution in [-0.2, 0) is 4.74 Å².